The molecule has 1 aliphatic rings. The van der Waals surface area contributed by atoms with Crippen LogP contribution < -0.4 is 4.72 Å². The van der Waals surface area contributed by atoms with Gasteiger partial charge in [-0.3, -0.25) is 9.59 Å². The SMILES string of the molecule is CC1(C(=O)NS(=O)(=O)c2cccc(Cl)c2)CCN1C(=O)CC(c1ccccc1)c1ccccc1. The second kappa shape index (κ2) is 9.60. The van der Waals surface area contributed by atoms with Gasteiger partial charge in [0.1, 0.15) is 5.54 Å². The number of rotatable bonds is 7. The van der Waals surface area contributed by atoms with Gasteiger partial charge in [0.25, 0.3) is 15.9 Å². The van der Waals surface area contributed by atoms with Crippen molar-refractivity contribution in [3.05, 3.63) is 101 Å². The van der Waals surface area contributed by atoms with Crippen LogP contribution in [0.5, 0.6) is 0 Å². The molecule has 1 N–H and O–H groups in total. The highest BCUT2D eigenvalue weighted by Gasteiger charge is 2.50. The molecule has 1 aliphatic heterocycles. The summed E-state index contributed by atoms with van der Waals surface area (Å²) in [5.74, 6) is -1.12. The van der Waals surface area contributed by atoms with E-state index in [0.29, 0.717) is 13.0 Å². The maximum absolute atomic E-state index is 13.4. The molecule has 1 unspecified atom stereocenters. The lowest BCUT2D eigenvalue weighted by atomic mass is 9.83. The lowest BCUT2D eigenvalue weighted by Gasteiger charge is -2.49. The Kier molecular flexibility index (Phi) is 6.77. The number of hydrogen-bond donors (Lipinski definition) is 1. The zero-order chi connectivity index (χ0) is 24.3. The minimum Gasteiger partial charge on any atom is -0.328 e. The van der Waals surface area contributed by atoms with Gasteiger partial charge in [-0.25, -0.2) is 13.1 Å². The molecule has 0 bridgehead atoms. The van der Waals surface area contributed by atoms with Crippen molar-refractivity contribution < 1.29 is 18.0 Å². The maximum Gasteiger partial charge on any atom is 0.264 e. The maximum atomic E-state index is 13.4. The zero-order valence-electron chi connectivity index (χ0n) is 18.6. The van der Waals surface area contributed by atoms with E-state index in [1.54, 1.807) is 13.0 Å². The first-order valence-electron chi connectivity index (χ1n) is 10.9. The Hall–Kier alpha value is -3.16. The molecule has 4 rings (SSSR count). The van der Waals surface area contributed by atoms with Crippen molar-refractivity contribution in [2.75, 3.05) is 6.54 Å². The van der Waals surface area contributed by atoms with Gasteiger partial charge in [-0.1, -0.05) is 78.3 Å². The first-order chi connectivity index (χ1) is 16.2. The van der Waals surface area contributed by atoms with Crippen LogP contribution in [0.1, 0.15) is 36.8 Å². The number of hydrogen-bond acceptors (Lipinski definition) is 4. The third kappa shape index (κ3) is 4.86. The number of carbonyl (C=O) groups is 2. The smallest absolute Gasteiger partial charge is 0.264 e. The van der Waals surface area contributed by atoms with Gasteiger partial charge in [-0.15, -0.1) is 0 Å². The number of halogens is 1. The van der Waals surface area contributed by atoms with Gasteiger partial charge >= 0.3 is 0 Å². The summed E-state index contributed by atoms with van der Waals surface area (Å²) in [4.78, 5) is 27.8. The fourth-order valence-corrected chi connectivity index (χ4v) is 5.58. The van der Waals surface area contributed by atoms with Crippen molar-refractivity contribution in [3.63, 3.8) is 0 Å². The molecule has 6 nitrogen and oxygen atoms in total. The summed E-state index contributed by atoms with van der Waals surface area (Å²) in [7, 11) is -4.12. The molecule has 1 heterocycles. The average Bonchev–Trinajstić information content (AvgIpc) is 2.82. The highest BCUT2D eigenvalue weighted by molar-refractivity contribution is 7.90. The predicted molar refractivity (Wildman–Crippen MR) is 131 cm³/mol. The van der Waals surface area contributed by atoms with E-state index >= 15 is 0 Å². The second-order valence-electron chi connectivity index (χ2n) is 8.54. The number of sulfonamides is 1. The van der Waals surface area contributed by atoms with Crippen LogP contribution in [0.4, 0.5) is 0 Å². The van der Waals surface area contributed by atoms with Crippen molar-refractivity contribution in [3.8, 4) is 0 Å². The summed E-state index contributed by atoms with van der Waals surface area (Å²) in [6, 6.07) is 25.1. The van der Waals surface area contributed by atoms with Crippen LogP contribution in [0.2, 0.25) is 5.02 Å². The van der Waals surface area contributed by atoms with Crippen LogP contribution in [0.15, 0.2) is 89.8 Å². The zero-order valence-corrected chi connectivity index (χ0v) is 20.2. The third-order valence-electron chi connectivity index (χ3n) is 6.32. The van der Waals surface area contributed by atoms with Crippen LogP contribution in [0.25, 0.3) is 0 Å². The summed E-state index contributed by atoms with van der Waals surface area (Å²) in [5.41, 5.74) is 0.746. The Bertz CT molecular complexity index is 1260. The van der Waals surface area contributed by atoms with Crippen molar-refractivity contribution >= 4 is 33.4 Å². The summed E-state index contributed by atoms with van der Waals surface area (Å²) in [5, 5.41) is 0.245. The molecule has 1 fully saturated rings. The summed E-state index contributed by atoms with van der Waals surface area (Å²) < 4.78 is 27.5. The van der Waals surface area contributed by atoms with Gasteiger partial charge < -0.3 is 4.90 Å². The van der Waals surface area contributed by atoms with Crippen LogP contribution in [-0.2, 0) is 19.6 Å². The number of nitrogens with zero attached hydrogens (tertiary/aromatic N) is 1. The molecule has 176 valence electrons. The first-order valence-corrected chi connectivity index (χ1v) is 12.8. The highest BCUT2D eigenvalue weighted by atomic mass is 35.5. The van der Waals surface area contributed by atoms with E-state index in [0.717, 1.165) is 11.1 Å². The molecule has 0 aromatic heterocycles. The van der Waals surface area contributed by atoms with Gasteiger partial charge in [0.05, 0.1) is 4.90 Å². The van der Waals surface area contributed by atoms with Crippen LogP contribution in [0.3, 0.4) is 0 Å². The summed E-state index contributed by atoms with van der Waals surface area (Å²) in [6.07, 6.45) is 0.537. The third-order valence-corrected chi connectivity index (χ3v) is 7.89. The molecule has 3 aromatic carbocycles. The Balaban J connectivity index is 1.53. The highest BCUT2D eigenvalue weighted by Crippen LogP contribution is 2.35. The van der Waals surface area contributed by atoms with E-state index in [4.69, 9.17) is 11.6 Å². The first kappa shape index (κ1) is 24.0. The lowest BCUT2D eigenvalue weighted by molar-refractivity contribution is -0.156. The van der Waals surface area contributed by atoms with Crippen molar-refractivity contribution in [2.45, 2.75) is 36.1 Å². The average molecular weight is 497 g/mol. The normalized spacial score (nSPS) is 17.8. The summed E-state index contributed by atoms with van der Waals surface area (Å²) >= 11 is 5.90. The molecular weight excluding hydrogens is 472 g/mol. The minimum atomic E-state index is -4.12. The Morgan fingerprint density at radius 3 is 2.06 bits per heavy atom. The van der Waals surface area contributed by atoms with Crippen molar-refractivity contribution in [1.29, 1.82) is 0 Å². The van der Waals surface area contributed by atoms with E-state index in [1.807, 2.05) is 60.7 Å². The monoisotopic (exact) mass is 496 g/mol. The fraction of sp³-hybridized carbons (Fsp3) is 0.231. The van der Waals surface area contributed by atoms with Gasteiger partial charge in [0.15, 0.2) is 0 Å². The van der Waals surface area contributed by atoms with Crippen LogP contribution >= 0.6 is 11.6 Å². The number of benzene rings is 3. The van der Waals surface area contributed by atoms with Crippen LogP contribution in [0, 0.1) is 0 Å². The largest absolute Gasteiger partial charge is 0.328 e. The van der Waals surface area contributed by atoms with Gasteiger partial charge in [0, 0.05) is 23.9 Å². The standard InChI is InChI=1S/C26H25ClN2O4S/c1-26(25(31)28-34(32,33)22-14-8-13-21(27)17-22)15-16-29(26)24(30)18-23(19-9-4-2-5-10-19)20-11-6-3-7-12-20/h2-14,17,23H,15-16,18H2,1H3,(H,28,31). The predicted octanol–water partition coefficient (Wildman–Crippen LogP) is 4.36. The molecule has 8 heteroatoms. The van der Waals surface area contributed by atoms with Crippen LogP contribution in [-0.4, -0.2) is 37.2 Å². The fourth-order valence-electron chi connectivity index (χ4n) is 4.20. The number of likely N-dealkylation sites (tertiary alicyclic amines) is 1. The van der Waals surface area contributed by atoms with Gasteiger partial charge in [0.2, 0.25) is 5.91 Å². The molecule has 34 heavy (non-hydrogen) atoms. The number of nitrogens with one attached hydrogen (secondary N) is 1. The molecule has 0 radical (unpaired) electrons. The quantitative estimate of drug-likeness (QED) is 0.527. The topological polar surface area (TPSA) is 83.6 Å². The number of amides is 2. The molecule has 3 aromatic rings. The molecule has 1 atom stereocenters. The van der Waals surface area contributed by atoms with E-state index < -0.39 is 21.5 Å². The van der Waals surface area contributed by atoms with Crippen molar-refractivity contribution in [2.24, 2.45) is 0 Å². The minimum absolute atomic E-state index is 0.109. The second-order valence-corrected chi connectivity index (χ2v) is 10.7. The van der Waals surface area contributed by atoms with E-state index in [9.17, 15) is 18.0 Å². The molecule has 2 amide bonds. The molecule has 0 spiro atoms. The van der Waals surface area contributed by atoms with E-state index in [1.165, 1.54) is 23.1 Å². The molecule has 0 saturated carbocycles. The van der Waals surface area contributed by atoms with Gasteiger partial charge in [-0.05, 0) is 42.7 Å². The van der Waals surface area contributed by atoms with E-state index in [-0.39, 0.29) is 28.2 Å². The number of carbonyl (C=O) groups excluding carboxylic acids is 2. The lowest BCUT2D eigenvalue weighted by Crippen LogP contribution is -2.67. The Morgan fingerprint density at radius 1 is 0.971 bits per heavy atom. The summed E-state index contributed by atoms with van der Waals surface area (Å²) in [6.45, 7) is 1.98. The van der Waals surface area contributed by atoms with Gasteiger partial charge in [-0.2, -0.15) is 0 Å². The molecular formula is C26H25ClN2O4S. The Morgan fingerprint density at radius 2 is 1.56 bits per heavy atom. The van der Waals surface area contributed by atoms with Crippen molar-refractivity contribution in [1.82, 2.24) is 9.62 Å². The Labute approximate surface area is 204 Å². The molecule has 0 aliphatic carbocycles. The molecule has 1 saturated heterocycles. The van der Waals surface area contributed by atoms with E-state index in [2.05, 4.69) is 4.72 Å².